The van der Waals surface area contributed by atoms with E-state index in [2.05, 4.69) is 65.8 Å². The Morgan fingerprint density at radius 3 is 1.77 bits per heavy atom. The summed E-state index contributed by atoms with van der Waals surface area (Å²) in [5.74, 6) is 0.435. The van der Waals surface area contributed by atoms with Gasteiger partial charge in [0.25, 0.3) is 0 Å². The molecular weight excluding hydrogens is 1030 g/mol. The molecule has 4 nitrogen and oxygen atoms in total. The van der Waals surface area contributed by atoms with Crippen molar-refractivity contribution in [1.82, 2.24) is 14.5 Å². The topological polar surface area (TPSA) is 50.9 Å². The predicted molar refractivity (Wildman–Crippen MR) is 292 cm³/mol. The van der Waals surface area contributed by atoms with Crippen LogP contribution in [0, 0.1) is 12.9 Å². The number of hydrogen-bond donors (Lipinski definition) is 1. The predicted octanol–water partition coefficient (Wildman–Crippen LogP) is 17.4. The largest absolute Gasteiger partial charge is 0.507 e. The van der Waals surface area contributed by atoms with Crippen molar-refractivity contribution in [3.05, 3.63) is 192 Å². The van der Waals surface area contributed by atoms with Crippen molar-refractivity contribution in [2.45, 2.75) is 111 Å². The zero-order valence-corrected chi connectivity index (χ0v) is 43.4. The fourth-order valence-electron chi connectivity index (χ4n) is 9.04. The Hall–Kier alpha value is -6.35. The molecule has 0 radical (unpaired) electrons. The van der Waals surface area contributed by atoms with E-state index in [4.69, 9.17) is 26.4 Å². The molecule has 0 saturated carbocycles. The van der Waals surface area contributed by atoms with Crippen molar-refractivity contribution in [3.63, 3.8) is 0 Å². The van der Waals surface area contributed by atoms with Crippen LogP contribution in [0.5, 0.6) is 5.75 Å². The molecule has 0 aliphatic heterocycles. The van der Waals surface area contributed by atoms with Crippen molar-refractivity contribution < 1.29 is 42.6 Å². The number of hydrogen-bond acceptors (Lipinski definition) is 3. The van der Waals surface area contributed by atoms with Crippen LogP contribution < -0.4 is 0 Å². The summed E-state index contributed by atoms with van der Waals surface area (Å²) in [6.45, 7) is 6.07. The van der Waals surface area contributed by atoms with E-state index in [9.17, 15) is 5.11 Å². The number of aromatic hydroxyl groups is 1. The van der Waals surface area contributed by atoms with Gasteiger partial charge in [0.1, 0.15) is 11.6 Å². The molecule has 0 aliphatic carbocycles. The van der Waals surface area contributed by atoms with Crippen LogP contribution in [-0.2, 0) is 42.7 Å². The van der Waals surface area contributed by atoms with Crippen molar-refractivity contribution >= 4 is 11.0 Å². The molecule has 358 valence electrons. The number of fused-ring (bicyclic) bond motifs is 1. The Bertz CT molecular complexity index is 3780. The van der Waals surface area contributed by atoms with Crippen LogP contribution in [0.3, 0.4) is 0 Å². The van der Waals surface area contributed by atoms with Gasteiger partial charge in [-0.2, -0.15) is 0 Å². The third-order valence-corrected chi connectivity index (χ3v) is 13.0. The minimum absolute atomic E-state index is 0. The Balaban J connectivity index is 0.00000880. The van der Waals surface area contributed by atoms with E-state index in [1.54, 1.807) is 18.3 Å². The molecule has 0 aliphatic rings. The van der Waals surface area contributed by atoms with Crippen LogP contribution in [0.1, 0.15) is 127 Å². The van der Waals surface area contributed by atoms with E-state index in [1.165, 1.54) is 24.3 Å². The average Bonchev–Trinajstić information content (AvgIpc) is 3.31. The molecule has 0 saturated heterocycles. The fraction of sp³-hybridized carbons (Fsp3) is 0.262. The van der Waals surface area contributed by atoms with Gasteiger partial charge in [-0.25, -0.2) is 4.98 Å². The maximum Gasteiger partial charge on any atom is 0.148 e. The summed E-state index contributed by atoms with van der Waals surface area (Å²) in [4.78, 5) is 10.3. The number of aryl methyl sites for hydroxylation is 1. The van der Waals surface area contributed by atoms with Gasteiger partial charge in [-0.05, 0) is 109 Å². The summed E-state index contributed by atoms with van der Waals surface area (Å²) in [6, 6.07) is 50.1. The maximum atomic E-state index is 12.4. The minimum Gasteiger partial charge on any atom is -0.507 e. The smallest absolute Gasteiger partial charge is 0.148 e. The summed E-state index contributed by atoms with van der Waals surface area (Å²) in [7, 11) is 0. The molecule has 0 atom stereocenters. The third kappa shape index (κ3) is 9.86. The number of para-hydroxylation sites is 2. The van der Waals surface area contributed by atoms with E-state index in [-0.39, 0.29) is 43.4 Å². The van der Waals surface area contributed by atoms with Gasteiger partial charge >= 0.3 is 0 Å². The number of benzene rings is 7. The number of aromatic nitrogens is 3. The van der Waals surface area contributed by atoms with Gasteiger partial charge in [-0.15, -0.1) is 29.3 Å². The van der Waals surface area contributed by atoms with Crippen molar-refractivity contribution in [1.29, 1.82) is 0 Å². The molecule has 0 bridgehead atoms. The Kier molecular flexibility index (Phi) is 9.80. The SMILES string of the molecule is [2H]C([2H])([2H])c1cc(-n2c(-c3cccc(C(C)(C)C)c3O)nc3c(-c4[c-]c(-c5cc(-c6ccc(C(C([2H])([2H])[2H])(C([2H])([2H])[2H])C([2H])([2H])[2H])cc6)ccn5)cc(C(C)(C)C)c4)cccc32)c(-c2ccccc2)cc1-c1ccc(C(C)(C)C)cc1.[Pt]. The molecule has 0 spiro atoms. The van der Waals surface area contributed by atoms with E-state index in [0.717, 1.165) is 27.8 Å². The minimum atomic E-state index is -3.40. The first kappa shape index (κ1) is 36.6. The monoisotopic (exact) mass is 1110 g/mol. The number of phenolic OH excluding ortho intramolecular Hbond substituents is 1. The van der Waals surface area contributed by atoms with Crippen LogP contribution in [0.15, 0.2) is 158 Å². The Morgan fingerprint density at radius 2 is 1.13 bits per heavy atom. The first-order chi connectivity index (χ1) is 37.5. The number of imidazole rings is 1. The molecule has 70 heavy (non-hydrogen) atoms. The zero-order chi connectivity index (χ0) is 59.2. The maximum absolute atomic E-state index is 12.4. The molecule has 9 rings (SSSR count). The number of nitrogens with zero attached hydrogens (tertiary/aromatic N) is 3. The van der Waals surface area contributed by atoms with Gasteiger partial charge in [0.2, 0.25) is 0 Å². The van der Waals surface area contributed by atoms with Crippen LogP contribution >= 0.6 is 0 Å². The second-order valence-corrected chi connectivity index (χ2v) is 21.2. The molecule has 2 aromatic heterocycles. The molecule has 0 amide bonds. The second kappa shape index (κ2) is 18.8. The summed E-state index contributed by atoms with van der Waals surface area (Å²) in [5.41, 5.74) is 7.30. The van der Waals surface area contributed by atoms with Gasteiger partial charge in [0, 0.05) is 55.0 Å². The van der Waals surface area contributed by atoms with Gasteiger partial charge in [0.05, 0.1) is 22.3 Å². The zero-order valence-electron chi connectivity index (χ0n) is 53.1. The fourth-order valence-corrected chi connectivity index (χ4v) is 9.04. The molecule has 7 aromatic carbocycles. The van der Waals surface area contributed by atoms with Crippen LogP contribution in [0.25, 0.3) is 83.9 Å². The molecule has 2 heterocycles. The molecule has 1 N–H and O–H groups in total. The van der Waals surface area contributed by atoms with Crippen LogP contribution in [-0.4, -0.2) is 19.6 Å². The normalized spacial score (nSPS) is 15.6. The standard InChI is InChI=1S/C65H66N3O.Pt/c1-41-35-58(54(43-19-15-14-16-20-43)40-53(41)44-27-31-49(32-28-44)63(5,6)7)68-57-24-18-21-51(59(57)67-61(68)52-22-17-23-55(60(52)69)65(11,12)13)46-36-47(38-50(37-46)64(8,9)10)56-39-45(33-34-66-56)42-25-29-48(30-26-42)62(2,3)4;/h14-35,37-40,69H,1-13H3;/q-1;/i1D3,2D3,3D3,4D3;. The van der Waals surface area contributed by atoms with Crippen LogP contribution in [0.2, 0.25) is 0 Å². The molecule has 0 unspecified atom stereocenters. The van der Waals surface area contributed by atoms with E-state index in [1.807, 2.05) is 122 Å². The van der Waals surface area contributed by atoms with Crippen molar-refractivity contribution in [3.8, 4) is 78.6 Å². The van der Waals surface area contributed by atoms with E-state index >= 15 is 0 Å². The molecule has 9 aromatic rings. The average molecular weight is 1110 g/mol. The summed E-state index contributed by atoms with van der Waals surface area (Å²) in [6.07, 6.45) is 1.63. The molecule has 5 heteroatoms. The van der Waals surface area contributed by atoms with Gasteiger partial charge in [-0.1, -0.05) is 203 Å². The Labute approximate surface area is 448 Å². The number of rotatable bonds is 7. The van der Waals surface area contributed by atoms with Gasteiger partial charge in [0.15, 0.2) is 0 Å². The first-order valence-corrected chi connectivity index (χ1v) is 23.4. The first-order valence-electron chi connectivity index (χ1n) is 29.4. The summed E-state index contributed by atoms with van der Waals surface area (Å²) < 4.78 is 103. The van der Waals surface area contributed by atoms with Gasteiger partial charge < -0.3 is 5.11 Å². The van der Waals surface area contributed by atoms with Crippen molar-refractivity contribution in [2.75, 3.05) is 0 Å². The van der Waals surface area contributed by atoms with Crippen LogP contribution in [0.4, 0.5) is 0 Å². The van der Waals surface area contributed by atoms with E-state index < -0.39 is 43.7 Å². The second-order valence-electron chi connectivity index (χ2n) is 21.2. The van der Waals surface area contributed by atoms with Crippen molar-refractivity contribution in [2.24, 2.45) is 0 Å². The Morgan fingerprint density at radius 1 is 0.514 bits per heavy atom. The third-order valence-electron chi connectivity index (χ3n) is 13.0. The molecule has 0 fully saturated rings. The summed E-state index contributed by atoms with van der Waals surface area (Å²) in [5, 5.41) is 12.4. The number of phenols is 1. The van der Waals surface area contributed by atoms with E-state index in [0.29, 0.717) is 72.7 Å². The molecular formula is C65H66N3OPt-. The van der Waals surface area contributed by atoms with Gasteiger partial charge in [-0.3, -0.25) is 9.55 Å². The quantitative estimate of drug-likeness (QED) is 0.162. The summed E-state index contributed by atoms with van der Waals surface area (Å²) >= 11 is 0. The number of pyridine rings is 1.